The second-order valence-corrected chi connectivity index (χ2v) is 8.69. The molecule has 1 aliphatic carbocycles. The van der Waals surface area contributed by atoms with Crippen LogP contribution in [0.4, 0.5) is 17.2 Å². The normalized spacial score (nSPS) is 11.9. The minimum atomic E-state index is -0.511. The Morgan fingerprint density at radius 2 is 1.80 bits per heavy atom. The molecule has 0 spiro atoms. The average Bonchev–Trinajstić information content (AvgIpc) is 2.84. The van der Waals surface area contributed by atoms with Gasteiger partial charge in [-0.05, 0) is 84.4 Å². The lowest BCUT2D eigenvalue weighted by Gasteiger charge is -2.20. The number of fused-ring (bicyclic) bond motifs is 2. The van der Waals surface area contributed by atoms with Crippen LogP contribution in [0.1, 0.15) is 13.8 Å². The van der Waals surface area contributed by atoms with Gasteiger partial charge in [0.1, 0.15) is 11.9 Å². The zero-order chi connectivity index (χ0) is 24.5. The molecule has 0 unspecified atom stereocenters. The highest BCUT2D eigenvalue weighted by atomic mass is 35.5. The summed E-state index contributed by atoms with van der Waals surface area (Å²) < 4.78 is 2.11. The fourth-order valence-electron chi connectivity index (χ4n) is 3.98. The molecule has 35 heavy (non-hydrogen) atoms. The van der Waals surface area contributed by atoms with Crippen LogP contribution < -0.4 is 10.7 Å². The number of pyridine rings is 1. The number of aromatic nitrogens is 3. The Kier molecular flexibility index (Phi) is 5.88. The van der Waals surface area contributed by atoms with E-state index in [0.29, 0.717) is 21.8 Å². The summed E-state index contributed by atoms with van der Waals surface area (Å²) in [5.74, 6) is -0.259. The lowest BCUT2D eigenvalue weighted by Crippen LogP contribution is -2.17. The van der Waals surface area contributed by atoms with Crippen LogP contribution in [0.15, 0.2) is 84.0 Å². The van der Waals surface area contributed by atoms with Gasteiger partial charge in [-0.25, -0.2) is 4.98 Å². The van der Waals surface area contributed by atoms with Gasteiger partial charge in [-0.1, -0.05) is 23.7 Å². The SMILES string of the molecule is CC(C)N=c1cc2n(-c3ccc(Cl)cc3)c3ccccc3nc-2cc1Nc1cccnc1[N+](=O)[O-]. The minimum absolute atomic E-state index is 0.00529. The van der Waals surface area contributed by atoms with Gasteiger partial charge in [-0.3, -0.25) is 4.99 Å². The van der Waals surface area contributed by atoms with E-state index in [1.165, 1.54) is 6.20 Å². The summed E-state index contributed by atoms with van der Waals surface area (Å²) in [6, 6.07) is 22.6. The number of halogens is 1. The van der Waals surface area contributed by atoms with Crippen molar-refractivity contribution in [2.75, 3.05) is 5.32 Å². The van der Waals surface area contributed by atoms with Crippen molar-refractivity contribution >= 4 is 39.8 Å². The van der Waals surface area contributed by atoms with E-state index in [9.17, 15) is 10.1 Å². The Balaban J connectivity index is 1.81. The van der Waals surface area contributed by atoms with Gasteiger partial charge >= 0.3 is 5.82 Å². The van der Waals surface area contributed by atoms with Crippen molar-refractivity contribution in [3.8, 4) is 17.1 Å². The van der Waals surface area contributed by atoms with Crippen LogP contribution in [0.2, 0.25) is 5.02 Å². The standard InChI is InChI=1S/C26H21ClN6O2/c1-16(2)29-22-15-25-23(14-21(22)31-20-7-5-13-28-26(20)33(34)35)30-19-6-3-4-8-24(19)32(25)18-11-9-17(27)10-12-18/h3-16,31H,1-2H3. The summed E-state index contributed by atoms with van der Waals surface area (Å²) in [5.41, 5.74) is 5.10. The molecular weight excluding hydrogens is 464 g/mol. The molecule has 0 radical (unpaired) electrons. The van der Waals surface area contributed by atoms with Crippen LogP contribution in [0, 0.1) is 10.1 Å². The smallest absolute Gasteiger partial charge is 0.358 e. The number of rotatable bonds is 5. The van der Waals surface area contributed by atoms with Crippen molar-refractivity contribution in [2.24, 2.45) is 4.99 Å². The summed E-state index contributed by atoms with van der Waals surface area (Å²) in [7, 11) is 0. The Bertz CT molecular complexity index is 1590. The Labute approximate surface area is 206 Å². The first kappa shape index (κ1) is 22.5. The fraction of sp³-hybridized carbons (Fsp3) is 0.115. The van der Waals surface area contributed by atoms with Crippen molar-refractivity contribution in [3.05, 3.63) is 99.5 Å². The molecule has 0 saturated heterocycles. The summed E-state index contributed by atoms with van der Waals surface area (Å²) in [6.07, 6.45) is 1.39. The highest BCUT2D eigenvalue weighted by Gasteiger charge is 2.19. The first-order chi connectivity index (χ1) is 16.9. The number of benzene rings is 3. The summed E-state index contributed by atoms with van der Waals surface area (Å²) in [4.78, 5) is 24.6. The van der Waals surface area contributed by atoms with Crippen LogP contribution >= 0.6 is 11.6 Å². The van der Waals surface area contributed by atoms with Crippen LogP contribution in [0.5, 0.6) is 0 Å². The number of para-hydroxylation sites is 2. The zero-order valence-corrected chi connectivity index (χ0v) is 19.8. The topological polar surface area (TPSA) is 98.2 Å². The number of nitrogens with zero attached hydrogens (tertiary/aromatic N) is 5. The summed E-state index contributed by atoms with van der Waals surface area (Å²) in [5, 5.41) is 16.0. The lowest BCUT2D eigenvalue weighted by atomic mass is 10.1. The van der Waals surface area contributed by atoms with Crippen LogP contribution in [0.3, 0.4) is 0 Å². The van der Waals surface area contributed by atoms with E-state index in [1.54, 1.807) is 12.1 Å². The van der Waals surface area contributed by atoms with Crippen LogP contribution in [0.25, 0.3) is 28.1 Å². The highest BCUT2D eigenvalue weighted by Crippen LogP contribution is 2.31. The quantitative estimate of drug-likeness (QED) is 0.183. The largest absolute Gasteiger partial charge is 0.387 e. The van der Waals surface area contributed by atoms with E-state index in [0.717, 1.165) is 22.4 Å². The Hall–Kier alpha value is -4.30. The van der Waals surface area contributed by atoms with E-state index in [2.05, 4.69) is 14.9 Å². The van der Waals surface area contributed by atoms with Crippen molar-refractivity contribution in [1.29, 1.82) is 0 Å². The molecule has 0 amide bonds. The molecule has 0 saturated carbocycles. The molecule has 174 valence electrons. The van der Waals surface area contributed by atoms with Crippen molar-refractivity contribution < 1.29 is 4.92 Å². The molecule has 8 nitrogen and oxygen atoms in total. The first-order valence-corrected chi connectivity index (χ1v) is 11.4. The van der Waals surface area contributed by atoms with E-state index < -0.39 is 4.92 Å². The van der Waals surface area contributed by atoms with Crippen molar-refractivity contribution in [2.45, 2.75) is 19.9 Å². The number of hydrogen-bond donors (Lipinski definition) is 1. The third-order valence-electron chi connectivity index (χ3n) is 5.41. The predicted octanol–water partition coefficient (Wildman–Crippen LogP) is 6.14. The van der Waals surface area contributed by atoms with Gasteiger partial charge in [0.2, 0.25) is 0 Å². The highest BCUT2D eigenvalue weighted by molar-refractivity contribution is 6.30. The molecule has 5 rings (SSSR count). The van der Waals surface area contributed by atoms with E-state index >= 15 is 0 Å². The third-order valence-corrected chi connectivity index (χ3v) is 5.66. The van der Waals surface area contributed by atoms with E-state index in [4.69, 9.17) is 21.6 Å². The number of hydrogen-bond acceptors (Lipinski definition) is 6. The Morgan fingerprint density at radius 3 is 2.54 bits per heavy atom. The van der Waals surface area contributed by atoms with Gasteiger partial charge in [0, 0.05) is 16.8 Å². The molecule has 2 aliphatic rings. The van der Waals surface area contributed by atoms with Gasteiger partial charge in [0.25, 0.3) is 0 Å². The fourth-order valence-corrected chi connectivity index (χ4v) is 4.11. The van der Waals surface area contributed by atoms with Crippen LogP contribution in [-0.2, 0) is 0 Å². The molecule has 0 fully saturated rings. The summed E-state index contributed by atoms with van der Waals surface area (Å²) in [6.45, 7) is 3.96. The number of anilines is 2. The maximum atomic E-state index is 11.5. The van der Waals surface area contributed by atoms with Gasteiger partial charge in [-0.15, -0.1) is 0 Å². The molecule has 1 aliphatic heterocycles. The second kappa shape index (κ2) is 9.15. The zero-order valence-electron chi connectivity index (χ0n) is 19.0. The molecule has 2 aromatic carbocycles. The molecule has 1 aromatic heterocycles. The van der Waals surface area contributed by atoms with Crippen molar-refractivity contribution in [1.82, 2.24) is 14.5 Å². The number of nitrogens with one attached hydrogen (secondary N) is 1. The maximum Gasteiger partial charge on any atom is 0.387 e. The average molecular weight is 485 g/mol. The molecule has 9 heteroatoms. The van der Waals surface area contributed by atoms with Crippen molar-refractivity contribution in [3.63, 3.8) is 0 Å². The van der Waals surface area contributed by atoms with E-state index in [-0.39, 0.29) is 17.5 Å². The monoisotopic (exact) mass is 484 g/mol. The summed E-state index contributed by atoms with van der Waals surface area (Å²) >= 11 is 6.15. The molecule has 0 bridgehead atoms. The lowest BCUT2D eigenvalue weighted by molar-refractivity contribution is -0.388. The second-order valence-electron chi connectivity index (χ2n) is 8.25. The molecular formula is C26H21ClN6O2. The Morgan fingerprint density at radius 1 is 1.03 bits per heavy atom. The molecule has 3 aromatic rings. The maximum absolute atomic E-state index is 11.5. The predicted molar refractivity (Wildman–Crippen MR) is 138 cm³/mol. The molecule has 0 atom stereocenters. The van der Waals surface area contributed by atoms with Crippen LogP contribution in [-0.4, -0.2) is 25.5 Å². The van der Waals surface area contributed by atoms with Gasteiger partial charge in [-0.2, -0.15) is 0 Å². The van der Waals surface area contributed by atoms with Gasteiger partial charge in [0.05, 0.1) is 33.5 Å². The third kappa shape index (κ3) is 4.43. The molecule has 1 N–H and O–H groups in total. The van der Waals surface area contributed by atoms with E-state index in [1.807, 2.05) is 74.5 Å². The molecule has 2 heterocycles. The minimum Gasteiger partial charge on any atom is -0.358 e. The number of nitro groups is 1. The van der Waals surface area contributed by atoms with Gasteiger partial charge < -0.3 is 20.0 Å². The first-order valence-electron chi connectivity index (χ1n) is 11.0. The van der Waals surface area contributed by atoms with Gasteiger partial charge in [0.15, 0.2) is 0 Å².